The molecule has 19 heavy (non-hydrogen) atoms. The van der Waals surface area contributed by atoms with E-state index in [1.807, 2.05) is 24.4 Å². The molecule has 98 valence electrons. The molecule has 0 unspecified atom stereocenters. The van der Waals surface area contributed by atoms with Crippen LogP contribution in [0.1, 0.15) is 18.4 Å². The Morgan fingerprint density at radius 3 is 2.89 bits per heavy atom. The van der Waals surface area contributed by atoms with Crippen LogP contribution in [0.5, 0.6) is 0 Å². The van der Waals surface area contributed by atoms with Gasteiger partial charge in [-0.2, -0.15) is 5.26 Å². The first-order valence-corrected chi connectivity index (χ1v) is 6.92. The number of nitrogens with zero attached hydrogens (tertiary/aromatic N) is 2. The Morgan fingerprint density at radius 1 is 1.37 bits per heavy atom. The second-order valence-electron chi connectivity index (χ2n) is 5.00. The molecule has 1 aliphatic heterocycles. The minimum Gasteiger partial charge on any atom is -0.381 e. The van der Waals surface area contributed by atoms with Gasteiger partial charge >= 0.3 is 0 Å². The first-order valence-electron chi connectivity index (χ1n) is 6.55. The fourth-order valence-electron chi connectivity index (χ4n) is 2.75. The van der Waals surface area contributed by atoms with Gasteiger partial charge in [0.2, 0.25) is 0 Å². The number of hydrogen-bond acceptors (Lipinski definition) is 2. The smallest absolute Gasteiger partial charge is 0.101 e. The van der Waals surface area contributed by atoms with E-state index < -0.39 is 0 Å². The summed E-state index contributed by atoms with van der Waals surface area (Å²) >= 11 is 6.30. The predicted molar refractivity (Wildman–Crippen MR) is 75.2 cm³/mol. The van der Waals surface area contributed by atoms with Crippen LogP contribution in [0, 0.1) is 17.2 Å². The van der Waals surface area contributed by atoms with E-state index in [1.165, 1.54) is 0 Å². The molecular weight excluding hydrogens is 260 g/mol. The lowest BCUT2D eigenvalue weighted by molar-refractivity contribution is 0.0616. The van der Waals surface area contributed by atoms with Crippen LogP contribution < -0.4 is 0 Å². The summed E-state index contributed by atoms with van der Waals surface area (Å²) in [6, 6.07) is 7.98. The molecule has 0 atom stereocenters. The van der Waals surface area contributed by atoms with Crippen molar-refractivity contribution in [3.05, 3.63) is 35.0 Å². The van der Waals surface area contributed by atoms with E-state index in [9.17, 15) is 5.26 Å². The molecule has 3 rings (SSSR count). The van der Waals surface area contributed by atoms with Crippen molar-refractivity contribution in [1.82, 2.24) is 4.57 Å². The van der Waals surface area contributed by atoms with E-state index in [1.54, 1.807) is 0 Å². The van der Waals surface area contributed by atoms with Gasteiger partial charge < -0.3 is 9.30 Å². The number of halogens is 1. The fourth-order valence-corrected chi connectivity index (χ4v) is 3.04. The van der Waals surface area contributed by atoms with Gasteiger partial charge in [-0.15, -0.1) is 0 Å². The standard InChI is InChI=1S/C15H15ClN2O/c16-14-3-1-2-13-12(8-17)10-18(15(13)14)9-11-4-6-19-7-5-11/h1-3,10-11H,4-7,9H2. The number of para-hydroxylation sites is 1. The Bertz CT molecular complexity index is 635. The highest BCUT2D eigenvalue weighted by Gasteiger charge is 2.17. The maximum Gasteiger partial charge on any atom is 0.101 e. The van der Waals surface area contributed by atoms with Crippen molar-refractivity contribution in [1.29, 1.82) is 5.26 Å². The average Bonchev–Trinajstić information content (AvgIpc) is 2.79. The van der Waals surface area contributed by atoms with E-state index in [0.717, 1.165) is 43.5 Å². The number of nitriles is 1. The number of ether oxygens (including phenoxy) is 1. The topological polar surface area (TPSA) is 38.0 Å². The Labute approximate surface area is 117 Å². The first-order chi connectivity index (χ1) is 9.29. The molecule has 0 saturated carbocycles. The molecular formula is C15H15ClN2O. The molecule has 0 radical (unpaired) electrons. The third-order valence-electron chi connectivity index (χ3n) is 3.77. The molecule has 0 bridgehead atoms. The van der Waals surface area contributed by atoms with Crippen LogP contribution in [-0.4, -0.2) is 17.8 Å². The quantitative estimate of drug-likeness (QED) is 0.839. The normalized spacial score (nSPS) is 16.6. The number of fused-ring (bicyclic) bond motifs is 1. The van der Waals surface area contributed by atoms with Crippen molar-refractivity contribution in [2.75, 3.05) is 13.2 Å². The Hall–Kier alpha value is -1.50. The fraction of sp³-hybridized carbons (Fsp3) is 0.400. The third kappa shape index (κ3) is 2.34. The highest BCUT2D eigenvalue weighted by atomic mass is 35.5. The number of benzene rings is 1. The van der Waals surface area contributed by atoms with Gasteiger partial charge in [0, 0.05) is 31.3 Å². The highest BCUT2D eigenvalue weighted by Crippen LogP contribution is 2.29. The minimum absolute atomic E-state index is 0.604. The van der Waals surface area contributed by atoms with Crippen molar-refractivity contribution in [3.8, 4) is 6.07 Å². The second-order valence-corrected chi connectivity index (χ2v) is 5.41. The van der Waals surface area contributed by atoms with Crippen LogP contribution in [0.25, 0.3) is 10.9 Å². The lowest BCUT2D eigenvalue weighted by Crippen LogP contribution is -2.20. The minimum atomic E-state index is 0.604. The summed E-state index contributed by atoms with van der Waals surface area (Å²) in [5, 5.41) is 10.9. The number of hydrogen-bond donors (Lipinski definition) is 0. The summed E-state index contributed by atoms with van der Waals surface area (Å²) in [5.74, 6) is 0.604. The van der Waals surface area contributed by atoms with Gasteiger partial charge in [-0.05, 0) is 24.8 Å². The molecule has 0 N–H and O–H groups in total. The zero-order valence-corrected chi connectivity index (χ0v) is 11.4. The molecule has 1 aliphatic rings. The van der Waals surface area contributed by atoms with Crippen LogP contribution in [0.15, 0.2) is 24.4 Å². The molecule has 0 aliphatic carbocycles. The van der Waals surface area contributed by atoms with Crippen molar-refractivity contribution in [3.63, 3.8) is 0 Å². The summed E-state index contributed by atoms with van der Waals surface area (Å²) in [6.45, 7) is 2.58. The van der Waals surface area contributed by atoms with Gasteiger partial charge in [0.15, 0.2) is 0 Å². The Kier molecular flexibility index (Phi) is 3.46. The third-order valence-corrected chi connectivity index (χ3v) is 4.07. The lowest BCUT2D eigenvalue weighted by Gasteiger charge is -2.22. The molecule has 0 spiro atoms. The van der Waals surface area contributed by atoms with Gasteiger partial charge in [0.05, 0.1) is 16.1 Å². The molecule has 1 saturated heterocycles. The van der Waals surface area contributed by atoms with Crippen LogP contribution in [-0.2, 0) is 11.3 Å². The van der Waals surface area contributed by atoms with Crippen molar-refractivity contribution < 1.29 is 4.74 Å². The van der Waals surface area contributed by atoms with E-state index in [2.05, 4.69) is 10.6 Å². The largest absolute Gasteiger partial charge is 0.381 e. The predicted octanol–water partition coefficient (Wildman–Crippen LogP) is 3.59. The van der Waals surface area contributed by atoms with E-state index in [0.29, 0.717) is 16.5 Å². The van der Waals surface area contributed by atoms with Gasteiger partial charge in [-0.3, -0.25) is 0 Å². The van der Waals surface area contributed by atoms with E-state index in [4.69, 9.17) is 16.3 Å². The van der Waals surface area contributed by atoms with Crippen molar-refractivity contribution in [2.45, 2.75) is 19.4 Å². The average molecular weight is 275 g/mol. The lowest BCUT2D eigenvalue weighted by atomic mass is 10.0. The molecule has 4 heteroatoms. The number of rotatable bonds is 2. The summed E-state index contributed by atoms with van der Waals surface area (Å²) in [7, 11) is 0. The molecule has 0 amide bonds. The van der Waals surface area contributed by atoms with Gasteiger partial charge in [-0.1, -0.05) is 23.7 Å². The van der Waals surface area contributed by atoms with Crippen LogP contribution in [0.4, 0.5) is 0 Å². The maximum absolute atomic E-state index is 9.22. The van der Waals surface area contributed by atoms with Crippen molar-refractivity contribution in [2.24, 2.45) is 5.92 Å². The molecule has 1 aromatic heterocycles. The first kappa shape index (κ1) is 12.5. The van der Waals surface area contributed by atoms with Gasteiger partial charge in [0.1, 0.15) is 6.07 Å². The zero-order chi connectivity index (χ0) is 13.2. The molecule has 2 heterocycles. The van der Waals surface area contributed by atoms with Crippen LogP contribution in [0.2, 0.25) is 5.02 Å². The second kappa shape index (κ2) is 5.24. The van der Waals surface area contributed by atoms with E-state index >= 15 is 0 Å². The summed E-state index contributed by atoms with van der Waals surface area (Å²) in [6.07, 6.45) is 4.07. The van der Waals surface area contributed by atoms with Gasteiger partial charge in [0.25, 0.3) is 0 Å². The summed E-state index contributed by atoms with van der Waals surface area (Å²) in [5.41, 5.74) is 1.68. The SMILES string of the molecule is N#Cc1cn(CC2CCOCC2)c2c(Cl)cccc12. The molecule has 1 aromatic carbocycles. The highest BCUT2D eigenvalue weighted by molar-refractivity contribution is 6.35. The molecule has 2 aromatic rings. The molecule has 3 nitrogen and oxygen atoms in total. The van der Waals surface area contributed by atoms with Crippen LogP contribution in [0.3, 0.4) is 0 Å². The summed E-state index contributed by atoms with van der Waals surface area (Å²) < 4.78 is 7.52. The summed E-state index contributed by atoms with van der Waals surface area (Å²) in [4.78, 5) is 0. The number of aromatic nitrogens is 1. The molecule has 1 fully saturated rings. The van der Waals surface area contributed by atoms with Gasteiger partial charge in [-0.25, -0.2) is 0 Å². The Balaban J connectivity index is 2.01. The Morgan fingerprint density at radius 2 is 2.16 bits per heavy atom. The zero-order valence-electron chi connectivity index (χ0n) is 10.6. The van der Waals surface area contributed by atoms with Crippen molar-refractivity contribution >= 4 is 22.5 Å². The van der Waals surface area contributed by atoms with E-state index in [-0.39, 0.29) is 0 Å². The monoisotopic (exact) mass is 274 g/mol. The maximum atomic E-state index is 9.22. The van der Waals surface area contributed by atoms with Crippen LogP contribution >= 0.6 is 11.6 Å².